The number of aromatic nitrogens is 1. The van der Waals surface area contributed by atoms with Crippen LogP contribution in [0.2, 0.25) is 0 Å². The van der Waals surface area contributed by atoms with Gasteiger partial charge in [-0.1, -0.05) is 0 Å². The zero-order chi connectivity index (χ0) is 14.0. The summed E-state index contributed by atoms with van der Waals surface area (Å²) in [6.45, 7) is 8.27. The first-order valence-corrected chi connectivity index (χ1v) is 7.01. The van der Waals surface area contributed by atoms with Gasteiger partial charge in [0, 0.05) is 22.6 Å². The van der Waals surface area contributed by atoms with Crippen LogP contribution < -0.4 is 10.5 Å². The Kier molecular flexibility index (Phi) is 4.15. The van der Waals surface area contributed by atoms with Gasteiger partial charge in [-0.05, 0) is 64.3 Å². The van der Waals surface area contributed by atoms with Crippen molar-refractivity contribution in [2.24, 2.45) is 5.73 Å². The van der Waals surface area contributed by atoms with Crippen LogP contribution in [0.1, 0.15) is 38.4 Å². The molecule has 0 aliphatic carbocycles. The fraction of sp³-hybridized carbons (Fsp3) is 0.500. The minimum absolute atomic E-state index is 0.199. The minimum Gasteiger partial charge on any atom is -0.491 e. The molecule has 0 aliphatic rings. The van der Waals surface area contributed by atoms with E-state index in [9.17, 15) is 0 Å². The molecule has 3 N–H and O–H groups in total. The summed E-state index contributed by atoms with van der Waals surface area (Å²) in [5.41, 5.74) is 9.63. The van der Waals surface area contributed by atoms with E-state index < -0.39 is 0 Å². The van der Waals surface area contributed by atoms with Gasteiger partial charge in [-0.2, -0.15) is 0 Å². The van der Waals surface area contributed by atoms with Crippen molar-refractivity contribution in [2.75, 3.05) is 0 Å². The lowest BCUT2D eigenvalue weighted by molar-refractivity contribution is 0.243. The van der Waals surface area contributed by atoms with E-state index in [0.717, 1.165) is 18.6 Å². The molecule has 0 aliphatic heterocycles. The predicted molar refractivity (Wildman–Crippen MR) is 80.8 cm³/mol. The number of benzene rings is 1. The smallest absolute Gasteiger partial charge is 0.120 e. The molecule has 1 unspecified atom stereocenters. The van der Waals surface area contributed by atoms with Crippen molar-refractivity contribution in [3.8, 4) is 5.75 Å². The van der Waals surface area contributed by atoms with Crippen LogP contribution in [0.15, 0.2) is 18.2 Å². The molecular weight excluding hydrogens is 236 g/mol. The highest BCUT2D eigenvalue weighted by Crippen LogP contribution is 2.28. The fourth-order valence-corrected chi connectivity index (χ4v) is 2.40. The topological polar surface area (TPSA) is 51.0 Å². The van der Waals surface area contributed by atoms with Gasteiger partial charge in [-0.15, -0.1) is 0 Å². The highest BCUT2D eigenvalue weighted by molar-refractivity contribution is 5.86. The maximum atomic E-state index is 5.86. The zero-order valence-electron chi connectivity index (χ0n) is 12.3. The van der Waals surface area contributed by atoms with Crippen LogP contribution in [0.3, 0.4) is 0 Å². The normalized spacial score (nSPS) is 13.2. The van der Waals surface area contributed by atoms with Crippen molar-refractivity contribution >= 4 is 10.9 Å². The summed E-state index contributed by atoms with van der Waals surface area (Å²) in [7, 11) is 0. The second-order valence-electron chi connectivity index (χ2n) is 5.62. The van der Waals surface area contributed by atoms with E-state index in [2.05, 4.69) is 31.0 Å². The predicted octanol–water partition coefficient (Wildman–Crippen LogP) is 3.54. The molecule has 3 nitrogen and oxygen atoms in total. The van der Waals surface area contributed by atoms with E-state index in [-0.39, 0.29) is 12.1 Å². The summed E-state index contributed by atoms with van der Waals surface area (Å²) in [5, 5.41) is 1.26. The van der Waals surface area contributed by atoms with Gasteiger partial charge in [-0.25, -0.2) is 0 Å². The maximum absolute atomic E-state index is 5.86. The highest BCUT2D eigenvalue weighted by atomic mass is 16.5. The van der Waals surface area contributed by atoms with Gasteiger partial charge in [-0.3, -0.25) is 0 Å². The molecule has 0 bridgehead atoms. The average Bonchev–Trinajstić information content (AvgIpc) is 2.61. The molecule has 0 fully saturated rings. The van der Waals surface area contributed by atoms with Crippen LogP contribution in [-0.2, 0) is 6.42 Å². The molecule has 1 aromatic heterocycles. The van der Waals surface area contributed by atoms with E-state index >= 15 is 0 Å². The summed E-state index contributed by atoms with van der Waals surface area (Å²) in [4.78, 5) is 3.43. The number of nitrogens with one attached hydrogen (secondary N) is 1. The third kappa shape index (κ3) is 3.29. The quantitative estimate of drug-likeness (QED) is 0.864. The van der Waals surface area contributed by atoms with Crippen molar-refractivity contribution < 1.29 is 4.74 Å². The largest absolute Gasteiger partial charge is 0.491 e. The Morgan fingerprint density at radius 1 is 1.26 bits per heavy atom. The number of hydrogen-bond acceptors (Lipinski definition) is 2. The van der Waals surface area contributed by atoms with Gasteiger partial charge in [0.15, 0.2) is 0 Å². The Bertz CT molecular complexity index is 555. The summed E-state index contributed by atoms with van der Waals surface area (Å²) in [6, 6.07) is 6.48. The van der Waals surface area contributed by atoms with Crippen molar-refractivity contribution in [2.45, 2.75) is 52.7 Å². The Morgan fingerprint density at radius 3 is 2.63 bits per heavy atom. The molecule has 0 radical (unpaired) electrons. The van der Waals surface area contributed by atoms with Crippen LogP contribution in [0.5, 0.6) is 5.75 Å². The Labute approximate surface area is 115 Å². The van der Waals surface area contributed by atoms with E-state index in [1.54, 1.807) is 0 Å². The monoisotopic (exact) mass is 260 g/mol. The van der Waals surface area contributed by atoms with Gasteiger partial charge < -0.3 is 15.5 Å². The summed E-state index contributed by atoms with van der Waals surface area (Å²) in [6.07, 6.45) is 2.21. The number of H-pyrrole nitrogens is 1. The van der Waals surface area contributed by atoms with Gasteiger partial charge in [0.25, 0.3) is 0 Å². The van der Waals surface area contributed by atoms with Crippen LogP contribution in [0.4, 0.5) is 0 Å². The number of aryl methyl sites for hydroxylation is 2. The number of hydrogen-bond donors (Lipinski definition) is 2. The van der Waals surface area contributed by atoms with E-state index in [0.29, 0.717) is 0 Å². The molecule has 2 aromatic rings. The van der Waals surface area contributed by atoms with E-state index in [4.69, 9.17) is 10.5 Å². The molecule has 0 saturated carbocycles. The third-order valence-electron chi connectivity index (χ3n) is 3.31. The molecule has 1 atom stereocenters. The van der Waals surface area contributed by atoms with E-state index in [1.165, 1.54) is 22.2 Å². The van der Waals surface area contributed by atoms with Crippen LogP contribution in [0.25, 0.3) is 10.9 Å². The van der Waals surface area contributed by atoms with E-state index in [1.807, 2.05) is 19.9 Å². The lowest BCUT2D eigenvalue weighted by atomic mass is 10.0. The molecule has 3 heteroatoms. The van der Waals surface area contributed by atoms with Crippen LogP contribution in [0, 0.1) is 6.92 Å². The molecule has 1 aromatic carbocycles. The molecule has 0 saturated heterocycles. The Hall–Kier alpha value is -1.48. The zero-order valence-corrected chi connectivity index (χ0v) is 12.3. The van der Waals surface area contributed by atoms with Crippen LogP contribution in [-0.4, -0.2) is 17.1 Å². The molecule has 1 heterocycles. The summed E-state index contributed by atoms with van der Waals surface area (Å²) < 4.78 is 5.77. The SMILES string of the molecule is Cc1[nH]c2ccc(OC(C)C)cc2c1CCC(C)N. The van der Waals surface area contributed by atoms with Gasteiger partial charge >= 0.3 is 0 Å². The van der Waals surface area contributed by atoms with Crippen molar-refractivity contribution in [1.82, 2.24) is 4.98 Å². The molecule has 19 heavy (non-hydrogen) atoms. The standard InChI is InChI=1S/C16H24N2O/c1-10(2)19-13-6-8-16-15(9-13)14(12(4)18-16)7-5-11(3)17/h6,8-11,18H,5,7,17H2,1-4H3. The number of aromatic amines is 1. The lowest BCUT2D eigenvalue weighted by Crippen LogP contribution is -2.15. The first-order chi connectivity index (χ1) is 8.97. The maximum Gasteiger partial charge on any atom is 0.120 e. The first kappa shape index (κ1) is 13.9. The molecular formula is C16H24N2O. The second-order valence-corrected chi connectivity index (χ2v) is 5.62. The Balaban J connectivity index is 2.35. The lowest BCUT2D eigenvalue weighted by Gasteiger charge is -2.10. The van der Waals surface area contributed by atoms with Crippen molar-refractivity contribution in [3.05, 3.63) is 29.5 Å². The summed E-state index contributed by atoms with van der Waals surface area (Å²) >= 11 is 0. The highest BCUT2D eigenvalue weighted by Gasteiger charge is 2.10. The Morgan fingerprint density at radius 2 is 2.00 bits per heavy atom. The molecule has 0 amide bonds. The first-order valence-electron chi connectivity index (χ1n) is 7.01. The second kappa shape index (κ2) is 5.66. The average molecular weight is 260 g/mol. The number of nitrogens with two attached hydrogens (primary N) is 1. The molecule has 104 valence electrons. The minimum atomic E-state index is 0.199. The third-order valence-corrected chi connectivity index (χ3v) is 3.31. The molecule has 0 spiro atoms. The number of ether oxygens (including phenoxy) is 1. The number of fused-ring (bicyclic) bond motifs is 1. The van der Waals surface area contributed by atoms with Crippen LogP contribution >= 0.6 is 0 Å². The van der Waals surface area contributed by atoms with Crippen molar-refractivity contribution in [3.63, 3.8) is 0 Å². The van der Waals surface area contributed by atoms with Gasteiger partial charge in [0.05, 0.1) is 6.10 Å². The van der Waals surface area contributed by atoms with Gasteiger partial charge in [0.2, 0.25) is 0 Å². The molecule has 2 rings (SSSR count). The van der Waals surface area contributed by atoms with Crippen molar-refractivity contribution in [1.29, 1.82) is 0 Å². The van der Waals surface area contributed by atoms with Gasteiger partial charge in [0.1, 0.15) is 5.75 Å². The summed E-state index contributed by atoms with van der Waals surface area (Å²) in [5.74, 6) is 0.934. The fourth-order valence-electron chi connectivity index (χ4n) is 2.40. The number of rotatable bonds is 5.